The highest BCUT2D eigenvalue weighted by Crippen LogP contribution is 2.37. The van der Waals surface area contributed by atoms with Crippen LogP contribution in [-0.2, 0) is 22.5 Å². The Kier molecular flexibility index (Phi) is 4.95. The normalized spacial score (nSPS) is 12.9. The summed E-state index contributed by atoms with van der Waals surface area (Å²) >= 11 is 0. The van der Waals surface area contributed by atoms with Crippen LogP contribution in [0.5, 0.6) is 5.75 Å². The largest absolute Gasteiger partial charge is 0.432 e. The zero-order valence-electron chi connectivity index (χ0n) is 15.5. The van der Waals surface area contributed by atoms with Gasteiger partial charge < -0.3 is 8.60 Å². The molecule has 32 heavy (non-hydrogen) atoms. The molecule has 0 amide bonds. The summed E-state index contributed by atoms with van der Waals surface area (Å²) in [4.78, 5) is 2.90. The van der Waals surface area contributed by atoms with Crippen molar-refractivity contribution in [3.8, 4) is 17.0 Å². The average Bonchev–Trinajstić information content (AvgIpc) is 3.29. The van der Waals surface area contributed by atoms with Crippen molar-refractivity contribution in [3.63, 3.8) is 0 Å². The Morgan fingerprint density at radius 1 is 0.906 bits per heavy atom. The smallest absolute Gasteiger partial charge is 0.416 e. The van der Waals surface area contributed by atoms with Crippen LogP contribution in [-0.4, -0.2) is 17.8 Å². The van der Waals surface area contributed by atoms with Crippen molar-refractivity contribution in [2.45, 2.75) is 17.2 Å². The lowest BCUT2D eigenvalue weighted by molar-refractivity contribution is -0.143. The lowest BCUT2D eigenvalue weighted by atomic mass is 10.1. The number of fused-ring (bicyclic) bond motifs is 1. The van der Waals surface area contributed by atoms with E-state index in [0.29, 0.717) is 17.1 Å². The second-order valence-electron chi connectivity index (χ2n) is 6.52. The molecular formula is C19H10F6N2O4S. The average molecular weight is 476 g/mol. The van der Waals surface area contributed by atoms with Gasteiger partial charge in [0.15, 0.2) is 0 Å². The fourth-order valence-electron chi connectivity index (χ4n) is 2.79. The summed E-state index contributed by atoms with van der Waals surface area (Å²) in [6.45, 7) is 0. The highest BCUT2D eigenvalue weighted by atomic mass is 32.2. The number of oxazole rings is 1. The molecule has 2 aromatic carbocycles. The molecule has 0 aliphatic carbocycles. The third-order valence-electron chi connectivity index (χ3n) is 4.30. The first kappa shape index (κ1) is 21.7. The molecule has 168 valence electrons. The number of nitrogens with zero attached hydrogens (tertiary/aromatic N) is 2. The fraction of sp³-hybridized carbons (Fsp3) is 0.105. The molecule has 0 N–H and O–H groups in total. The number of hydrogen-bond donors (Lipinski definition) is 0. The molecule has 13 heteroatoms. The maximum atomic E-state index is 13.0. The van der Waals surface area contributed by atoms with Crippen molar-refractivity contribution in [1.29, 1.82) is 0 Å². The van der Waals surface area contributed by atoms with Crippen LogP contribution in [0.25, 0.3) is 17.1 Å². The van der Waals surface area contributed by atoms with Crippen molar-refractivity contribution < 1.29 is 43.4 Å². The van der Waals surface area contributed by atoms with E-state index in [1.807, 2.05) is 0 Å². The van der Waals surface area contributed by atoms with Gasteiger partial charge in [0.05, 0.1) is 16.8 Å². The Morgan fingerprint density at radius 3 is 2.03 bits per heavy atom. The van der Waals surface area contributed by atoms with Crippen molar-refractivity contribution in [2.75, 3.05) is 0 Å². The predicted molar refractivity (Wildman–Crippen MR) is 97.2 cm³/mol. The highest BCUT2D eigenvalue weighted by Gasteiger charge is 2.38. The van der Waals surface area contributed by atoms with E-state index in [-0.39, 0.29) is 23.9 Å². The molecule has 0 bridgehead atoms. The summed E-state index contributed by atoms with van der Waals surface area (Å²) in [5.74, 6) is -0.00413. The second-order valence-corrected chi connectivity index (χ2v) is 8.07. The number of rotatable bonds is 4. The van der Waals surface area contributed by atoms with Crippen molar-refractivity contribution in [1.82, 2.24) is 9.38 Å². The van der Waals surface area contributed by atoms with E-state index in [2.05, 4.69) is 4.98 Å². The van der Waals surface area contributed by atoms with Crippen LogP contribution in [0.1, 0.15) is 11.1 Å². The maximum Gasteiger partial charge on any atom is 0.416 e. The van der Waals surface area contributed by atoms with Crippen LogP contribution >= 0.6 is 0 Å². The fourth-order valence-corrected chi connectivity index (χ4v) is 3.80. The van der Waals surface area contributed by atoms with Crippen LogP contribution in [0.3, 0.4) is 0 Å². The molecule has 0 spiro atoms. The highest BCUT2D eigenvalue weighted by molar-refractivity contribution is 7.87. The van der Waals surface area contributed by atoms with E-state index >= 15 is 0 Å². The predicted octanol–water partition coefficient (Wildman–Crippen LogP) is 5.40. The SMILES string of the molecule is O=S(=O)(Oc1ccc(-c2cn3ccoc3n2)cc1)c1cc(C(F)(F)F)cc(C(F)(F)F)c1. The van der Waals surface area contributed by atoms with Gasteiger partial charge in [-0.2, -0.15) is 39.7 Å². The third-order valence-corrected chi connectivity index (χ3v) is 5.52. The summed E-state index contributed by atoms with van der Waals surface area (Å²) in [5.41, 5.74) is -2.53. The lowest BCUT2D eigenvalue weighted by Crippen LogP contribution is -2.16. The van der Waals surface area contributed by atoms with E-state index in [4.69, 9.17) is 8.60 Å². The van der Waals surface area contributed by atoms with Gasteiger partial charge in [-0.1, -0.05) is 0 Å². The van der Waals surface area contributed by atoms with Crippen LogP contribution in [0.4, 0.5) is 26.3 Å². The monoisotopic (exact) mass is 476 g/mol. The molecule has 0 saturated carbocycles. The summed E-state index contributed by atoms with van der Waals surface area (Å²) in [5, 5.41) is 0. The minimum absolute atomic E-state index is 0.0824. The maximum absolute atomic E-state index is 13.0. The zero-order chi connectivity index (χ0) is 23.3. The lowest BCUT2D eigenvalue weighted by Gasteiger charge is -2.14. The van der Waals surface area contributed by atoms with Crippen LogP contribution in [0.15, 0.2) is 70.4 Å². The summed E-state index contributed by atoms with van der Waals surface area (Å²) < 4.78 is 114. The van der Waals surface area contributed by atoms with Gasteiger partial charge >= 0.3 is 28.3 Å². The molecule has 0 aliphatic rings. The van der Waals surface area contributed by atoms with E-state index in [1.54, 1.807) is 16.8 Å². The molecular weight excluding hydrogens is 466 g/mol. The van der Waals surface area contributed by atoms with Gasteiger partial charge in [-0.15, -0.1) is 0 Å². The second kappa shape index (κ2) is 7.29. The number of halogens is 6. The Balaban J connectivity index is 1.64. The van der Waals surface area contributed by atoms with E-state index in [9.17, 15) is 34.8 Å². The van der Waals surface area contributed by atoms with Gasteiger partial charge in [0.2, 0.25) is 0 Å². The molecule has 0 radical (unpaired) electrons. The van der Waals surface area contributed by atoms with Crippen LogP contribution in [0, 0.1) is 0 Å². The molecule has 4 rings (SSSR count). The van der Waals surface area contributed by atoms with Crippen molar-refractivity contribution in [2.24, 2.45) is 0 Å². The molecule has 0 saturated heterocycles. The first-order valence-corrected chi connectivity index (χ1v) is 10.0. The van der Waals surface area contributed by atoms with Crippen LogP contribution in [0.2, 0.25) is 0 Å². The molecule has 2 heterocycles. The minimum Gasteiger partial charge on any atom is -0.432 e. The van der Waals surface area contributed by atoms with Crippen molar-refractivity contribution in [3.05, 3.63) is 72.2 Å². The number of hydrogen-bond acceptors (Lipinski definition) is 5. The van der Waals surface area contributed by atoms with E-state index in [0.717, 1.165) is 0 Å². The molecule has 0 aliphatic heterocycles. The number of alkyl halides is 6. The summed E-state index contributed by atoms with van der Waals surface area (Å²) in [6, 6.07) is 5.20. The Hall–Kier alpha value is -3.48. The Morgan fingerprint density at radius 2 is 1.50 bits per heavy atom. The number of benzene rings is 2. The Bertz CT molecular complexity index is 1330. The molecule has 0 atom stereocenters. The van der Waals surface area contributed by atoms with E-state index in [1.165, 1.54) is 30.5 Å². The molecule has 0 fully saturated rings. The molecule has 4 aromatic rings. The van der Waals surface area contributed by atoms with Gasteiger partial charge in [0.1, 0.15) is 16.9 Å². The first-order valence-electron chi connectivity index (χ1n) is 8.59. The minimum atomic E-state index is -5.20. The molecule has 2 aromatic heterocycles. The summed E-state index contributed by atoms with van der Waals surface area (Å²) in [6.07, 6.45) is -5.73. The summed E-state index contributed by atoms with van der Waals surface area (Å²) in [7, 11) is -5.00. The standard InChI is InChI=1S/C19H10F6N2O4S/c20-18(21,22)12-7-13(19(23,24)25)9-15(8-12)32(28,29)31-14-3-1-11(2-4-14)16-10-27-5-6-30-17(27)26-16/h1-10H. The topological polar surface area (TPSA) is 73.8 Å². The number of aromatic nitrogens is 2. The first-order chi connectivity index (χ1) is 14.8. The van der Waals surface area contributed by atoms with Crippen LogP contribution < -0.4 is 4.18 Å². The third kappa shape index (κ3) is 4.28. The van der Waals surface area contributed by atoms with E-state index < -0.39 is 38.5 Å². The van der Waals surface area contributed by atoms with Gasteiger partial charge in [-0.05, 0) is 42.5 Å². The number of imidazole rings is 1. The van der Waals surface area contributed by atoms with Gasteiger partial charge in [-0.25, -0.2) is 0 Å². The Labute approximate surface area is 175 Å². The van der Waals surface area contributed by atoms with Gasteiger partial charge in [-0.3, -0.25) is 4.40 Å². The quantitative estimate of drug-likeness (QED) is 0.291. The molecule has 0 unspecified atom stereocenters. The van der Waals surface area contributed by atoms with Gasteiger partial charge in [0, 0.05) is 18.0 Å². The van der Waals surface area contributed by atoms with Crippen molar-refractivity contribution >= 4 is 16.0 Å². The zero-order valence-corrected chi connectivity index (χ0v) is 16.3. The van der Waals surface area contributed by atoms with Gasteiger partial charge in [0.25, 0.3) is 0 Å². The molecule has 6 nitrogen and oxygen atoms in total.